The third-order valence-corrected chi connectivity index (χ3v) is 4.40. The minimum atomic E-state index is -1.10. The minimum Gasteiger partial charge on any atom is -0.465 e. The van der Waals surface area contributed by atoms with Crippen molar-refractivity contribution in [3.63, 3.8) is 0 Å². The summed E-state index contributed by atoms with van der Waals surface area (Å²) in [6, 6.07) is 6.36. The number of likely N-dealkylation sites (tertiary alicyclic amines) is 1. The standard InChI is InChI=1S/C18H23ClN2O5/c1-17(2,3)26-15(23)18(8-9-21(11-18)16(24)25)10-20-14(22)12-4-6-13(19)7-5-12/h4-7H,8-11H2,1-3H3,(H,20,22)(H,24,25). The summed E-state index contributed by atoms with van der Waals surface area (Å²) in [4.78, 5) is 37.5. The van der Waals surface area contributed by atoms with E-state index in [1.54, 1.807) is 45.0 Å². The Labute approximate surface area is 157 Å². The monoisotopic (exact) mass is 382 g/mol. The van der Waals surface area contributed by atoms with E-state index in [1.807, 2.05) is 0 Å². The molecule has 1 unspecified atom stereocenters. The summed E-state index contributed by atoms with van der Waals surface area (Å²) in [5, 5.41) is 12.5. The molecule has 1 atom stereocenters. The highest BCUT2D eigenvalue weighted by molar-refractivity contribution is 6.30. The molecule has 0 spiro atoms. The number of nitrogens with one attached hydrogen (secondary N) is 1. The lowest BCUT2D eigenvalue weighted by molar-refractivity contribution is -0.166. The van der Waals surface area contributed by atoms with Crippen LogP contribution in [0, 0.1) is 5.41 Å². The van der Waals surface area contributed by atoms with Gasteiger partial charge in [0, 0.05) is 30.2 Å². The number of benzene rings is 1. The average Bonchev–Trinajstić information content (AvgIpc) is 2.98. The van der Waals surface area contributed by atoms with Gasteiger partial charge in [-0.25, -0.2) is 4.79 Å². The molecular weight excluding hydrogens is 360 g/mol. The molecule has 0 bridgehead atoms. The van der Waals surface area contributed by atoms with Crippen molar-refractivity contribution in [1.29, 1.82) is 0 Å². The number of nitrogens with zero attached hydrogens (tertiary/aromatic N) is 1. The van der Waals surface area contributed by atoms with Crippen LogP contribution >= 0.6 is 11.6 Å². The largest absolute Gasteiger partial charge is 0.465 e. The molecule has 7 nitrogen and oxygen atoms in total. The van der Waals surface area contributed by atoms with Crippen LogP contribution in [0.2, 0.25) is 5.02 Å². The Hall–Kier alpha value is -2.28. The first-order valence-corrected chi connectivity index (χ1v) is 8.65. The maximum Gasteiger partial charge on any atom is 0.407 e. The van der Waals surface area contributed by atoms with E-state index in [0.29, 0.717) is 10.6 Å². The SMILES string of the molecule is CC(C)(C)OC(=O)C1(CNC(=O)c2ccc(Cl)cc2)CCN(C(=O)O)C1. The highest BCUT2D eigenvalue weighted by atomic mass is 35.5. The van der Waals surface area contributed by atoms with Gasteiger partial charge in [-0.2, -0.15) is 0 Å². The third-order valence-electron chi connectivity index (χ3n) is 4.15. The van der Waals surface area contributed by atoms with Crippen LogP contribution in [0.3, 0.4) is 0 Å². The Morgan fingerprint density at radius 2 is 1.88 bits per heavy atom. The molecule has 1 saturated heterocycles. The maximum atomic E-state index is 12.7. The summed E-state index contributed by atoms with van der Waals surface area (Å²) in [7, 11) is 0. The van der Waals surface area contributed by atoms with Crippen molar-refractivity contribution in [3.05, 3.63) is 34.9 Å². The van der Waals surface area contributed by atoms with Crippen LogP contribution in [0.5, 0.6) is 0 Å². The molecular formula is C18H23ClN2O5. The van der Waals surface area contributed by atoms with Crippen molar-refractivity contribution < 1.29 is 24.2 Å². The first kappa shape index (κ1) is 20.0. The number of carboxylic acid groups (broad SMARTS) is 1. The van der Waals surface area contributed by atoms with Crippen LogP contribution in [0.25, 0.3) is 0 Å². The van der Waals surface area contributed by atoms with Crippen LogP contribution < -0.4 is 5.32 Å². The van der Waals surface area contributed by atoms with Gasteiger partial charge in [-0.1, -0.05) is 11.6 Å². The quantitative estimate of drug-likeness (QED) is 0.780. The molecule has 142 valence electrons. The predicted molar refractivity (Wildman–Crippen MR) is 96.3 cm³/mol. The highest BCUT2D eigenvalue weighted by Gasteiger charge is 2.48. The van der Waals surface area contributed by atoms with Crippen LogP contribution in [0.4, 0.5) is 4.79 Å². The van der Waals surface area contributed by atoms with Gasteiger partial charge < -0.3 is 20.1 Å². The lowest BCUT2D eigenvalue weighted by atomic mass is 9.86. The van der Waals surface area contributed by atoms with Crippen LogP contribution in [-0.4, -0.2) is 53.2 Å². The first-order valence-electron chi connectivity index (χ1n) is 8.27. The van der Waals surface area contributed by atoms with Gasteiger partial charge in [0.25, 0.3) is 5.91 Å². The zero-order valence-corrected chi connectivity index (χ0v) is 15.8. The smallest absolute Gasteiger partial charge is 0.407 e. The summed E-state index contributed by atoms with van der Waals surface area (Å²) in [5.41, 5.74) is -1.41. The summed E-state index contributed by atoms with van der Waals surface area (Å²) >= 11 is 5.81. The van der Waals surface area contributed by atoms with Gasteiger partial charge in [-0.15, -0.1) is 0 Å². The fourth-order valence-electron chi connectivity index (χ4n) is 2.76. The zero-order chi connectivity index (χ0) is 19.5. The average molecular weight is 383 g/mol. The van der Waals surface area contributed by atoms with E-state index in [0.717, 1.165) is 0 Å². The van der Waals surface area contributed by atoms with Crippen LogP contribution in [0.15, 0.2) is 24.3 Å². The fourth-order valence-corrected chi connectivity index (χ4v) is 2.88. The molecule has 1 aromatic carbocycles. The summed E-state index contributed by atoms with van der Waals surface area (Å²) in [5.74, 6) is -0.872. The van der Waals surface area contributed by atoms with E-state index < -0.39 is 23.1 Å². The number of halogens is 1. The molecule has 0 aliphatic carbocycles. The molecule has 1 fully saturated rings. The number of amides is 2. The predicted octanol–water partition coefficient (Wildman–Crippen LogP) is 2.78. The highest BCUT2D eigenvalue weighted by Crippen LogP contribution is 2.33. The van der Waals surface area contributed by atoms with E-state index in [9.17, 15) is 19.5 Å². The Balaban J connectivity index is 2.14. The van der Waals surface area contributed by atoms with Crippen molar-refractivity contribution in [2.45, 2.75) is 32.8 Å². The maximum absolute atomic E-state index is 12.7. The molecule has 0 saturated carbocycles. The molecule has 0 aromatic heterocycles. The van der Waals surface area contributed by atoms with E-state index in [2.05, 4.69) is 5.32 Å². The molecule has 0 radical (unpaired) electrons. The number of hydrogen-bond acceptors (Lipinski definition) is 4. The number of hydrogen-bond donors (Lipinski definition) is 2. The summed E-state index contributed by atoms with van der Waals surface area (Å²) in [6.45, 7) is 5.43. The van der Waals surface area contributed by atoms with Gasteiger partial charge >= 0.3 is 12.1 Å². The van der Waals surface area contributed by atoms with E-state index in [1.165, 1.54) is 4.90 Å². The minimum absolute atomic E-state index is 0.00679. The molecule has 1 heterocycles. The molecule has 2 rings (SSSR count). The number of rotatable bonds is 4. The molecule has 1 aliphatic heterocycles. The van der Waals surface area contributed by atoms with E-state index >= 15 is 0 Å². The van der Waals surface area contributed by atoms with Gasteiger partial charge in [0.1, 0.15) is 11.0 Å². The lowest BCUT2D eigenvalue weighted by Crippen LogP contribution is -2.48. The topological polar surface area (TPSA) is 95.9 Å². The van der Waals surface area contributed by atoms with Gasteiger partial charge in [0.15, 0.2) is 0 Å². The lowest BCUT2D eigenvalue weighted by Gasteiger charge is -2.31. The summed E-state index contributed by atoms with van der Waals surface area (Å²) < 4.78 is 5.48. The third kappa shape index (κ3) is 4.88. The normalized spacial score (nSPS) is 19.9. The number of carbonyl (C=O) groups is 3. The summed E-state index contributed by atoms with van der Waals surface area (Å²) in [6.07, 6.45) is -0.811. The van der Waals surface area contributed by atoms with Crippen molar-refractivity contribution >= 4 is 29.6 Å². The fraction of sp³-hybridized carbons (Fsp3) is 0.500. The Kier molecular flexibility index (Phi) is 5.81. The molecule has 8 heteroatoms. The second kappa shape index (κ2) is 7.53. The van der Waals surface area contributed by atoms with E-state index in [-0.39, 0.29) is 32.0 Å². The molecule has 1 aliphatic rings. The second-order valence-electron chi connectivity index (χ2n) is 7.43. The Bertz CT molecular complexity index is 699. The van der Waals surface area contributed by atoms with Gasteiger partial charge in [0.05, 0.1) is 0 Å². The first-order chi connectivity index (χ1) is 12.0. The molecule has 2 amide bonds. The number of esters is 1. The Morgan fingerprint density at radius 1 is 1.27 bits per heavy atom. The van der Waals surface area contributed by atoms with Crippen molar-refractivity contribution in [1.82, 2.24) is 10.2 Å². The van der Waals surface area contributed by atoms with Crippen LogP contribution in [0.1, 0.15) is 37.6 Å². The number of ether oxygens (including phenoxy) is 1. The van der Waals surface area contributed by atoms with Crippen molar-refractivity contribution in [2.24, 2.45) is 5.41 Å². The Morgan fingerprint density at radius 3 is 2.38 bits per heavy atom. The van der Waals surface area contributed by atoms with Crippen molar-refractivity contribution in [2.75, 3.05) is 19.6 Å². The molecule has 1 aromatic rings. The molecule has 2 N–H and O–H groups in total. The van der Waals surface area contributed by atoms with Crippen LogP contribution in [-0.2, 0) is 9.53 Å². The molecule has 26 heavy (non-hydrogen) atoms. The van der Waals surface area contributed by atoms with E-state index in [4.69, 9.17) is 16.3 Å². The number of carbonyl (C=O) groups excluding carboxylic acids is 2. The zero-order valence-electron chi connectivity index (χ0n) is 15.0. The second-order valence-corrected chi connectivity index (χ2v) is 7.86. The van der Waals surface area contributed by atoms with Gasteiger partial charge in [0.2, 0.25) is 0 Å². The van der Waals surface area contributed by atoms with Crippen molar-refractivity contribution in [3.8, 4) is 0 Å². The van der Waals surface area contributed by atoms with Gasteiger partial charge in [-0.05, 0) is 51.5 Å². The van der Waals surface area contributed by atoms with Gasteiger partial charge in [-0.3, -0.25) is 9.59 Å².